The molecule has 2 aromatic heterocycles. The fourth-order valence-electron chi connectivity index (χ4n) is 4.64. The molecule has 0 spiro atoms. The second kappa shape index (κ2) is 13.1. The fourth-order valence-corrected chi connectivity index (χ4v) is 5.50. The van der Waals surface area contributed by atoms with E-state index in [0.29, 0.717) is 55.7 Å². The average molecular weight is 568 g/mol. The van der Waals surface area contributed by atoms with Crippen molar-refractivity contribution in [3.8, 4) is 6.01 Å². The van der Waals surface area contributed by atoms with Crippen LogP contribution in [0, 0.1) is 0 Å². The number of thiazole rings is 1. The third kappa shape index (κ3) is 7.10. The van der Waals surface area contributed by atoms with Gasteiger partial charge in [-0.3, -0.25) is 14.5 Å². The van der Waals surface area contributed by atoms with E-state index in [9.17, 15) is 14.7 Å². The first-order valence-electron chi connectivity index (χ1n) is 13.2. The van der Waals surface area contributed by atoms with Gasteiger partial charge in [0.1, 0.15) is 11.8 Å². The van der Waals surface area contributed by atoms with E-state index in [1.54, 1.807) is 43.1 Å². The van der Waals surface area contributed by atoms with Crippen LogP contribution in [0.5, 0.6) is 6.01 Å². The number of methoxy groups -OCH3 is 1. The molecule has 12 nitrogen and oxygen atoms in total. The standard InChI is InChI=1S/C27H33N7O5S/c1-38-12-9-28-24(36)21-13-18(14-33-15-19(35)16-33)3-4-22(21)31-25(37)23-17-40-27(32-23)34-10-5-20(6-11-34)39-26-29-7-2-8-30-26/h2-4,7-8,13,17,19-20,35H,5-6,9-12,14-16H2,1H3,(H,28,36)(H,31,37). The Hall–Kier alpha value is -3.65. The van der Waals surface area contributed by atoms with Crippen LogP contribution in [0.15, 0.2) is 42.0 Å². The van der Waals surface area contributed by atoms with Crippen molar-refractivity contribution >= 4 is 34.0 Å². The topological polar surface area (TPSA) is 142 Å². The number of aliphatic hydroxyl groups excluding tert-OH is 1. The summed E-state index contributed by atoms with van der Waals surface area (Å²) in [4.78, 5) is 43.2. The van der Waals surface area contributed by atoms with Gasteiger partial charge in [-0.05, 0) is 23.8 Å². The summed E-state index contributed by atoms with van der Waals surface area (Å²) in [5.74, 6) is -0.686. The van der Waals surface area contributed by atoms with Crippen LogP contribution in [0.4, 0.5) is 10.8 Å². The highest BCUT2D eigenvalue weighted by atomic mass is 32.1. The van der Waals surface area contributed by atoms with Crippen molar-refractivity contribution in [2.45, 2.75) is 31.6 Å². The normalized spacial score (nSPS) is 16.4. The van der Waals surface area contributed by atoms with Gasteiger partial charge in [-0.2, -0.15) is 0 Å². The molecule has 0 atom stereocenters. The Labute approximate surface area is 236 Å². The second-order valence-corrected chi connectivity index (χ2v) is 10.6. The molecule has 0 unspecified atom stereocenters. The number of anilines is 2. The van der Waals surface area contributed by atoms with Gasteiger partial charge in [-0.15, -0.1) is 11.3 Å². The Balaban J connectivity index is 1.21. The number of carbonyl (C=O) groups is 2. The number of aliphatic hydroxyl groups is 1. The summed E-state index contributed by atoms with van der Waals surface area (Å²) in [5, 5.41) is 17.8. The number of hydrogen-bond acceptors (Lipinski definition) is 11. The van der Waals surface area contributed by atoms with Gasteiger partial charge in [-0.1, -0.05) is 6.07 Å². The van der Waals surface area contributed by atoms with Gasteiger partial charge in [0.2, 0.25) is 0 Å². The average Bonchev–Trinajstić information content (AvgIpc) is 3.45. The van der Waals surface area contributed by atoms with Crippen LogP contribution >= 0.6 is 11.3 Å². The summed E-state index contributed by atoms with van der Waals surface area (Å²) in [6.45, 7) is 4.03. The Bertz CT molecular complexity index is 1290. The Morgan fingerprint density at radius 2 is 1.93 bits per heavy atom. The van der Waals surface area contributed by atoms with E-state index in [1.165, 1.54) is 11.3 Å². The third-order valence-corrected chi connectivity index (χ3v) is 7.67. The fraction of sp³-hybridized carbons (Fsp3) is 0.444. The highest BCUT2D eigenvalue weighted by Crippen LogP contribution is 2.27. The summed E-state index contributed by atoms with van der Waals surface area (Å²) in [5.41, 5.74) is 1.98. The molecule has 0 bridgehead atoms. The number of nitrogens with zero attached hydrogens (tertiary/aromatic N) is 5. The smallest absolute Gasteiger partial charge is 0.316 e. The van der Waals surface area contributed by atoms with Gasteiger partial charge in [0.25, 0.3) is 11.8 Å². The van der Waals surface area contributed by atoms with Crippen molar-refractivity contribution in [3.63, 3.8) is 0 Å². The minimum absolute atomic E-state index is 0.0315. The molecule has 212 valence electrons. The lowest BCUT2D eigenvalue weighted by molar-refractivity contribution is -0.00288. The summed E-state index contributed by atoms with van der Waals surface area (Å²) in [6.07, 6.45) is 4.63. The number of β-amino-alcohol motifs (C(OH)–C–C–N with tert-alkyl or cyclic N) is 1. The zero-order valence-corrected chi connectivity index (χ0v) is 23.1. The molecule has 2 aliphatic rings. The second-order valence-electron chi connectivity index (χ2n) is 9.78. The molecule has 2 saturated heterocycles. The van der Waals surface area contributed by atoms with Crippen LogP contribution in [0.2, 0.25) is 0 Å². The Morgan fingerprint density at radius 3 is 2.65 bits per heavy atom. The summed E-state index contributed by atoms with van der Waals surface area (Å²) < 4.78 is 10.9. The zero-order chi connectivity index (χ0) is 27.9. The minimum Gasteiger partial charge on any atom is -0.460 e. The minimum atomic E-state index is -0.383. The van der Waals surface area contributed by atoms with E-state index in [-0.39, 0.29) is 24.0 Å². The molecular formula is C27H33N7O5S. The van der Waals surface area contributed by atoms with Crippen molar-refractivity contribution in [3.05, 3.63) is 58.9 Å². The van der Waals surface area contributed by atoms with E-state index in [4.69, 9.17) is 9.47 Å². The molecule has 3 aromatic rings. The number of likely N-dealkylation sites (tertiary alicyclic amines) is 1. The number of rotatable bonds is 11. The van der Waals surface area contributed by atoms with E-state index >= 15 is 0 Å². The molecule has 0 aliphatic carbocycles. The number of aromatic nitrogens is 3. The molecule has 0 saturated carbocycles. The third-order valence-electron chi connectivity index (χ3n) is 6.76. The molecule has 2 aliphatic heterocycles. The first kappa shape index (κ1) is 27.9. The van der Waals surface area contributed by atoms with Crippen molar-refractivity contribution in [2.24, 2.45) is 0 Å². The highest BCUT2D eigenvalue weighted by molar-refractivity contribution is 7.14. The van der Waals surface area contributed by atoms with E-state index in [2.05, 4.69) is 35.4 Å². The van der Waals surface area contributed by atoms with Crippen LogP contribution in [0.3, 0.4) is 0 Å². The molecular weight excluding hydrogens is 534 g/mol. The first-order valence-corrected chi connectivity index (χ1v) is 14.1. The van der Waals surface area contributed by atoms with Gasteiger partial charge >= 0.3 is 6.01 Å². The van der Waals surface area contributed by atoms with Gasteiger partial charge in [0, 0.05) is 77.0 Å². The van der Waals surface area contributed by atoms with Crippen LogP contribution in [-0.4, -0.2) is 95.4 Å². The predicted molar refractivity (Wildman–Crippen MR) is 150 cm³/mol. The molecule has 2 amide bonds. The molecule has 0 radical (unpaired) electrons. The molecule has 5 rings (SSSR count). The SMILES string of the molecule is COCCNC(=O)c1cc(CN2CC(O)C2)ccc1NC(=O)c1csc(N2CCC(Oc3ncccn3)CC2)n1. The van der Waals surface area contributed by atoms with Crippen molar-refractivity contribution in [2.75, 3.05) is 56.7 Å². The van der Waals surface area contributed by atoms with Crippen LogP contribution in [-0.2, 0) is 11.3 Å². The molecule has 1 aromatic carbocycles. The van der Waals surface area contributed by atoms with Gasteiger partial charge in [0.05, 0.1) is 24.0 Å². The van der Waals surface area contributed by atoms with E-state index in [1.807, 2.05) is 6.07 Å². The Kier molecular flexibility index (Phi) is 9.16. The van der Waals surface area contributed by atoms with Gasteiger partial charge < -0.3 is 30.1 Å². The summed E-state index contributed by atoms with van der Waals surface area (Å²) >= 11 is 1.41. The lowest BCUT2D eigenvalue weighted by Gasteiger charge is -2.35. The van der Waals surface area contributed by atoms with Gasteiger partial charge in [0.15, 0.2) is 5.13 Å². The number of benzene rings is 1. The number of carbonyl (C=O) groups excluding carboxylic acids is 2. The maximum Gasteiger partial charge on any atom is 0.316 e. The lowest BCUT2D eigenvalue weighted by atomic mass is 10.0. The maximum absolute atomic E-state index is 13.1. The lowest BCUT2D eigenvalue weighted by Crippen LogP contribution is -2.49. The molecule has 40 heavy (non-hydrogen) atoms. The molecule has 4 heterocycles. The number of nitrogens with one attached hydrogen (secondary N) is 2. The monoisotopic (exact) mass is 567 g/mol. The summed E-state index contributed by atoms with van der Waals surface area (Å²) in [6, 6.07) is 7.53. The van der Waals surface area contributed by atoms with Crippen LogP contribution in [0.25, 0.3) is 0 Å². The van der Waals surface area contributed by atoms with Crippen molar-refractivity contribution in [1.82, 2.24) is 25.2 Å². The predicted octanol–water partition coefficient (Wildman–Crippen LogP) is 1.79. The summed E-state index contributed by atoms with van der Waals surface area (Å²) in [7, 11) is 1.57. The number of hydrogen-bond donors (Lipinski definition) is 3. The molecule has 13 heteroatoms. The largest absolute Gasteiger partial charge is 0.460 e. The van der Waals surface area contributed by atoms with E-state index in [0.717, 1.165) is 36.6 Å². The number of ether oxygens (including phenoxy) is 2. The van der Waals surface area contributed by atoms with Crippen molar-refractivity contribution in [1.29, 1.82) is 0 Å². The van der Waals surface area contributed by atoms with E-state index < -0.39 is 0 Å². The van der Waals surface area contributed by atoms with Crippen LogP contribution in [0.1, 0.15) is 39.3 Å². The zero-order valence-electron chi connectivity index (χ0n) is 22.3. The van der Waals surface area contributed by atoms with Crippen LogP contribution < -0.4 is 20.3 Å². The quantitative estimate of drug-likeness (QED) is 0.294. The molecule has 3 N–H and O–H groups in total. The highest BCUT2D eigenvalue weighted by Gasteiger charge is 2.26. The first-order chi connectivity index (χ1) is 19.5. The number of amides is 2. The number of piperidine rings is 1. The maximum atomic E-state index is 13.1. The van der Waals surface area contributed by atoms with Crippen molar-refractivity contribution < 1.29 is 24.2 Å². The molecule has 2 fully saturated rings. The van der Waals surface area contributed by atoms with Gasteiger partial charge in [-0.25, -0.2) is 15.0 Å². The Morgan fingerprint density at radius 1 is 1.15 bits per heavy atom.